The first-order chi connectivity index (χ1) is 9.51. The van der Waals surface area contributed by atoms with Crippen LogP contribution >= 0.6 is 11.6 Å². The van der Waals surface area contributed by atoms with E-state index < -0.39 is 11.5 Å². The monoisotopic (exact) mass is 297 g/mol. The summed E-state index contributed by atoms with van der Waals surface area (Å²) in [7, 11) is 0. The SMILES string of the molecule is FC1(F)CCN(c2n[nH]c3cccc(Cl)c23)C2(CC2)C1. The van der Waals surface area contributed by atoms with E-state index in [1.165, 1.54) is 0 Å². The van der Waals surface area contributed by atoms with Crippen molar-refractivity contribution in [2.45, 2.75) is 37.1 Å². The number of aromatic amines is 1. The lowest BCUT2D eigenvalue weighted by Gasteiger charge is -2.40. The van der Waals surface area contributed by atoms with Crippen LogP contribution in [0.5, 0.6) is 0 Å². The van der Waals surface area contributed by atoms with E-state index in [0.717, 1.165) is 29.6 Å². The molecule has 2 aliphatic rings. The highest BCUT2D eigenvalue weighted by atomic mass is 35.5. The summed E-state index contributed by atoms with van der Waals surface area (Å²) in [6.45, 7) is 0.332. The molecule has 1 saturated carbocycles. The Morgan fingerprint density at radius 3 is 2.80 bits per heavy atom. The fourth-order valence-corrected chi connectivity index (χ4v) is 3.57. The van der Waals surface area contributed by atoms with Gasteiger partial charge in [0.05, 0.1) is 15.9 Å². The van der Waals surface area contributed by atoms with Gasteiger partial charge >= 0.3 is 0 Å². The Kier molecular flexibility index (Phi) is 2.38. The van der Waals surface area contributed by atoms with E-state index in [1.807, 2.05) is 17.0 Å². The summed E-state index contributed by atoms with van der Waals surface area (Å²) in [5, 5.41) is 8.73. The number of H-pyrrole nitrogens is 1. The second-order valence-electron chi connectivity index (χ2n) is 5.87. The van der Waals surface area contributed by atoms with Gasteiger partial charge in [-0.15, -0.1) is 0 Å². The lowest BCUT2D eigenvalue weighted by Crippen LogP contribution is -2.49. The van der Waals surface area contributed by atoms with E-state index in [-0.39, 0.29) is 12.8 Å². The third-order valence-corrected chi connectivity index (χ3v) is 4.78. The molecule has 1 aliphatic carbocycles. The molecule has 1 saturated heterocycles. The zero-order chi connectivity index (χ0) is 14.0. The predicted octanol–water partition coefficient (Wildman–Crippen LogP) is 3.98. The molecule has 0 atom stereocenters. The number of hydrogen-bond donors (Lipinski definition) is 1. The Balaban J connectivity index is 1.80. The van der Waals surface area contributed by atoms with Gasteiger partial charge in [0.25, 0.3) is 5.92 Å². The topological polar surface area (TPSA) is 31.9 Å². The van der Waals surface area contributed by atoms with Crippen molar-refractivity contribution in [3.8, 4) is 0 Å². The highest BCUT2D eigenvalue weighted by molar-refractivity contribution is 6.36. The molecule has 1 spiro atoms. The molecule has 0 bridgehead atoms. The van der Waals surface area contributed by atoms with Crippen LogP contribution in [0.25, 0.3) is 10.9 Å². The standard InChI is InChI=1S/C14H14ClF2N3/c15-9-2-1-3-10-11(9)12(19-18-10)20-7-6-14(16,17)8-13(20)4-5-13/h1-3H,4-8H2,(H,18,19). The smallest absolute Gasteiger partial charge is 0.252 e. The van der Waals surface area contributed by atoms with Crippen LogP contribution in [-0.4, -0.2) is 28.2 Å². The van der Waals surface area contributed by atoms with Crippen LogP contribution in [0.15, 0.2) is 18.2 Å². The zero-order valence-electron chi connectivity index (χ0n) is 10.8. The number of fused-ring (bicyclic) bond motifs is 1. The third kappa shape index (κ3) is 1.72. The molecule has 1 N–H and O–H groups in total. The summed E-state index contributed by atoms with van der Waals surface area (Å²) in [5.41, 5.74) is 0.434. The van der Waals surface area contributed by atoms with Gasteiger partial charge in [-0.3, -0.25) is 5.10 Å². The van der Waals surface area contributed by atoms with Crippen molar-refractivity contribution < 1.29 is 8.78 Å². The number of piperidine rings is 1. The average Bonchev–Trinajstić information content (AvgIpc) is 2.98. The van der Waals surface area contributed by atoms with Gasteiger partial charge in [0.15, 0.2) is 5.82 Å². The number of hydrogen-bond acceptors (Lipinski definition) is 2. The van der Waals surface area contributed by atoms with Crippen molar-refractivity contribution in [1.29, 1.82) is 0 Å². The number of nitrogens with zero attached hydrogens (tertiary/aromatic N) is 2. The first-order valence-corrected chi connectivity index (χ1v) is 7.17. The number of halogens is 3. The summed E-state index contributed by atoms with van der Waals surface area (Å²) in [6.07, 6.45) is 1.43. The van der Waals surface area contributed by atoms with Gasteiger partial charge in [0, 0.05) is 24.9 Å². The fourth-order valence-electron chi connectivity index (χ4n) is 3.31. The van der Waals surface area contributed by atoms with Crippen molar-refractivity contribution in [2.75, 3.05) is 11.4 Å². The number of nitrogens with one attached hydrogen (secondary N) is 1. The molecule has 2 heterocycles. The number of alkyl halides is 2. The maximum Gasteiger partial charge on any atom is 0.252 e. The Morgan fingerprint density at radius 2 is 2.05 bits per heavy atom. The molecule has 0 amide bonds. The molecule has 2 fully saturated rings. The van der Waals surface area contributed by atoms with Crippen LogP contribution in [0, 0.1) is 0 Å². The highest BCUT2D eigenvalue weighted by Crippen LogP contribution is 2.54. The van der Waals surface area contributed by atoms with E-state index in [0.29, 0.717) is 11.6 Å². The molecule has 1 aliphatic heterocycles. The quantitative estimate of drug-likeness (QED) is 0.863. The molecular formula is C14H14ClF2N3. The van der Waals surface area contributed by atoms with Gasteiger partial charge in [0.1, 0.15) is 0 Å². The van der Waals surface area contributed by atoms with Crippen LogP contribution in [0.2, 0.25) is 5.02 Å². The summed E-state index contributed by atoms with van der Waals surface area (Å²) in [5.74, 6) is -1.83. The second-order valence-corrected chi connectivity index (χ2v) is 6.28. The minimum Gasteiger partial charge on any atom is -0.348 e. The minimum absolute atomic E-state index is 0.0706. The third-order valence-electron chi connectivity index (χ3n) is 4.46. The lowest BCUT2D eigenvalue weighted by molar-refractivity contribution is -0.0374. The predicted molar refractivity (Wildman–Crippen MR) is 74.6 cm³/mol. The molecule has 3 nitrogen and oxygen atoms in total. The van der Waals surface area contributed by atoms with Crippen LogP contribution in [0.4, 0.5) is 14.6 Å². The fraction of sp³-hybridized carbons (Fsp3) is 0.500. The van der Waals surface area contributed by atoms with Crippen molar-refractivity contribution in [1.82, 2.24) is 10.2 Å². The molecule has 0 unspecified atom stereocenters. The number of aromatic nitrogens is 2. The Labute approximate surface area is 119 Å². The zero-order valence-corrected chi connectivity index (χ0v) is 11.6. The van der Waals surface area contributed by atoms with Crippen LogP contribution in [0.3, 0.4) is 0 Å². The van der Waals surface area contributed by atoms with E-state index in [9.17, 15) is 8.78 Å². The summed E-state index contributed by atoms with van der Waals surface area (Å²) >= 11 is 6.26. The molecule has 0 radical (unpaired) electrons. The van der Waals surface area contributed by atoms with Crippen LogP contribution in [-0.2, 0) is 0 Å². The van der Waals surface area contributed by atoms with E-state index >= 15 is 0 Å². The summed E-state index contributed by atoms with van der Waals surface area (Å²) in [6, 6.07) is 5.56. The molecule has 1 aromatic heterocycles. The Bertz CT molecular complexity index is 678. The van der Waals surface area contributed by atoms with Crippen molar-refractivity contribution in [2.24, 2.45) is 0 Å². The molecule has 20 heavy (non-hydrogen) atoms. The lowest BCUT2D eigenvalue weighted by atomic mass is 9.96. The molecule has 1 aromatic carbocycles. The van der Waals surface area contributed by atoms with Gasteiger partial charge in [-0.25, -0.2) is 8.78 Å². The largest absolute Gasteiger partial charge is 0.348 e. The van der Waals surface area contributed by atoms with Crippen molar-refractivity contribution in [3.63, 3.8) is 0 Å². The van der Waals surface area contributed by atoms with Crippen molar-refractivity contribution >= 4 is 28.3 Å². The molecular weight excluding hydrogens is 284 g/mol. The molecule has 106 valence electrons. The van der Waals surface area contributed by atoms with Crippen LogP contribution < -0.4 is 4.90 Å². The van der Waals surface area contributed by atoms with E-state index in [4.69, 9.17) is 11.6 Å². The molecule has 2 aromatic rings. The first kappa shape index (κ1) is 12.4. The molecule has 6 heteroatoms. The highest BCUT2D eigenvalue weighted by Gasteiger charge is 2.58. The minimum atomic E-state index is -2.55. The maximum absolute atomic E-state index is 13.7. The van der Waals surface area contributed by atoms with Gasteiger partial charge in [0.2, 0.25) is 0 Å². The second kappa shape index (κ2) is 3.85. The number of benzene rings is 1. The maximum atomic E-state index is 13.7. The number of rotatable bonds is 1. The van der Waals surface area contributed by atoms with Crippen LogP contribution in [0.1, 0.15) is 25.7 Å². The van der Waals surface area contributed by atoms with Gasteiger partial charge in [-0.05, 0) is 25.0 Å². The van der Waals surface area contributed by atoms with Crippen molar-refractivity contribution in [3.05, 3.63) is 23.2 Å². The average molecular weight is 298 g/mol. The normalized spacial score (nSPS) is 23.4. The Morgan fingerprint density at radius 1 is 1.25 bits per heavy atom. The summed E-state index contributed by atoms with van der Waals surface area (Å²) in [4.78, 5) is 2.04. The van der Waals surface area contributed by atoms with Gasteiger partial charge in [-0.2, -0.15) is 5.10 Å². The van der Waals surface area contributed by atoms with Gasteiger partial charge < -0.3 is 4.90 Å². The Hall–Kier alpha value is -1.36. The number of anilines is 1. The van der Waals surface area contributed by atoms with E-state index in [1.54, 1.807) is 6.07 Å². The summed E-state index contributed by atoms with van der Waals surface area (Å²) < 4.78 is 27.3. The molecule has 4 rings (SSSR count). The first-order valence-electron chi connectivity index (χ1n) is 6.79. The van der Waals surface area contributed by atoms with E-state index in [2.05, 4.69) is 10.2 Å². The van der Waals surface area contributed by atoms with Gasteiger partial charge in [-0.1, -0.05) is 17.7 Å².